The summed E-state index contributed by atoms with van der Waals surface area (Å²) in [5.41, 5.74) is 0. The molecule has 2 rings (SSSR count). The van der Waals surface area contributed by atoms with Gasteiger partial charge in [0, 0.05) is 36.2 Å². The minimum atomic E-state index is -0.00806. The number of hydrogen-bond donors (Lipinski definition) is 2. The number of nitrogens with zero attached hydrogens (tertiary/aromatic N) is 1. The van der Waals surface area contributed by atoms with Gasteiger partial charge in [-0.1, -0.05) is 0 Å². The van der Waals surface area contributed by atoms with Crippen molar-refractivity contribution < 1.29 is 4.79 Å². The van der Waals surface area contributed by atoms with E-state index >= 15 is 0 Å². The molecule has 0 spiro atoms. The summed E-state index contributed by atoms with van der Waals surface area (Å²) in [6.07, 6.45) is 2.61. The molecule has 1 aliphatic rings. The molecule has 0 aromatic carbocycles. The Morgan fingerprint density at radius 2 is 2.67 bits per heavy atom. The van der Waals surface area contributed by atoms with E-state index in [0.717, 1.165) is 23.1 Å². The summed E-state index contributed by atoms with van der Waals surface area (Å²) in [5.74, 6) is 1.87. The Labute approximate surface area is 96.9 Å². The minimum absolute atomic E-state index is 0.00806. The molecular formula is C9H13N3OS2. The van der Waals surface area contributed by atoms with Crippen molar-refractivity contribution >= 4 is 29.0 Å². The zero-order valence-corrected chi connectivity index (χ0v) is 9.87. The predicted molar refractivity (Wildman–Crippen MR) is 63.1 cm³/mol. The first-order valence-corrected chi connectivity index (χ1v) is 6.87. The number of aromatic nitrogens is 1. The van der Waals surface area contributed by atoms with E-state index in [2.05, 4.69) is 15.6 Å². The molecule has 1 aromatic rings. The molecular weight excluding hydrogens is 230 g/mol. The molecule has 1 aliphatic heterocycles. The van der Waals surface area contributed by atoms with Crippen molar-refractivity contribution in [3.05, 3.63) is 16.6 Å². The number of nitrogens with one attached hydrogen (secondary N) is 2. The van der Waals surface area contributed by atoms with Gasteiger partial charge in [-0.3, -0.25) is 10.1 Å². The first-order valence-electron chi connectivity index (χ1n) is 4.83. The summed E-state index contributed by atoms with van der Waals surface area (Å²) in [4.78, 5) is 15.7. The zero-order chi connectivity index (χ0) is 10.5. The average Bonchev–Trinajstić information content (AvgIpc) is 2.90. The molecule has 6 heteroatoms. The number of amides is 1. The molecule has 1 unspecified atom stereocenters. The van der Waals surface area contributed by atoms with Crippen LogP contribution in [-0.2, 0) is 11.2 Å². The predicted octanol–water partition coefficient (Wildman–Crippen LogP) is 0.464. The molecule has 1 aromatic heterocycles. The largest absolute Gasteiger partial charge is 0.354 e. The van der Waals surface area contributed by atoms with Gasteiger partial charge in [0.1, 0.15) is 0 Å². The van der Waals surface area contributed by atoms with E-state index in [1.54, 1.807) is 29.3 Å². The van der Waals surface area contributed by atoms with E-state index in [9.17, 15) is 4.79 Å². The van der Waals surface area contributed by atoms with Gasteiger partial charge in [0.15, 0.2) is 0 Å². The molecule has 4 nitrogen and oxygen atoms in total. The fourth-order valence-electron chi connectivity index (χ4n) is 1.36. The monoisotopic (exact) mass is 243 g/mol. The van der Waals surface area contributed by atoms with E-state index in [1.165, 1.54) is 0 Å². The number of rotatable bonds is 4. The van der Waals surface area contributed by atoms with Gasteiger partial charge in [0.25, 0.3) is 0 Å². The molecule has 0 bridgehead atoms. The van der Waals surface area contributed by atoms with Crippen molar-refractivity contribution in [2.45, 2.75) is 12.5 Å². The highest BCUT2D eigenvalue weighted by molar-refractivity contribution is 7.99. The SMILES string of the molecule is O=C(NCCc1nccs1)C1CSCN1. The van der Waals surface area contributed by atoms with Crippen LogP contribution in [0.1, 0.15) is 5.01 Å². The van der Waals surface area contributed by atoms with Gasteiger partial charge in [-0.25, -0.2) is 4.98 Å². The van der Waals surface area contributed by atoms with Crippen LogP contribution in [0.5, 0.6) is 0 Å². The van der Waals surface area contributed by atoms with Gasteiger partial charge in [0.05, 0.1) is 11.0 Å². The van der Waals surface area contributed by atoms with Crippen molar-refractivity contribution in [3.63, 3.8) is 0 Å². The van der Waals surface area contributed by atoms with Gasteiger partial charge in [-0.2, -0.15) is 0 Å². The fourth-order valence-corrected chi connectivity index (χ4v) is 2.92. The van der Waals surface area contributed by atoms with Crippen LogP contribution in [-0.4, -0.2) is 35.1 Å². The molecule has 1 saturated heterocycles. The standard InChI is InChI=1S/C9H13N3OS2/c13-9(7-5-14-6-12-7)11-2-1-8-10-3-4-15-8/h3-4,7,12H,1-2,5-6H2,(H,11,13). The van der Waals surface area contributed by atoms with Crippen LogP contribution in [0, 0.1) is 0 Å². The molecule has 1 atom stereocenters. The molecule has 82 valence electrons. The Morgan fingerprint density at radius 1 is 1.73 bits per heavy atom. The van der Waals surface area contributed by atoms with Gasteiger partial charge in [0.2, 0.25) is 5.91 Å². The Bertz CT molecular complexity index is 309. The average molecular weight is 243 g/mol. The quantitative estimate of drug-likeness (QED) is 0.807. The van der Waals surface area contributed by atoms with Crippen LogP contribution >= 0.6 is 23.1 Å². The van der Waals surface area contributed by atoms with Gasteiger partial charge >= 0.3 is 0 Å². The van der Waals surface area contributed by atoms with Gasteiger partial charge in [-0.15, -0.1) is 23.1 Å². The van der Waals surface area contributed by atoms with E-state index < -0.39 is 0 Å². The lowest BCUT2D eigenvalue weighted by Gasteiger charge is -2.09. The second kappa shape index (κ2) is 5.48. The lowest BCUT2D eigenvalue weighted by Crippen LogP contribution is -2.42. The number of carbonyl (C=O) groups excluding carboxylic acids is 1. The van der Waals surface area contributed by atoms with E-state index in [0.29, 0.717) is 6.54 Å². The van der Waals surface area contributed by atoms with Crippen LogP contribution in [0.25, 0.3) is 0 Å². The van der Waals surface area contributed by atoms with Gasteiger partial charge < -0.3 is 5.32 Å². The summed E-state index contributed by atoms with van der Waals surface area (Å²) >= 11 is 3.38. The van der Waals surface area contributed by atoms with Crippen molar-refractivity contribution in [3.8, 4) is 0 Å². The summed E-state index contributed by atoms with van der Waals surface area (Å²) in [7, 11) is 0. The van der Waals surface area contributed by atoms with E-state index in [1.807, 2.05) is 5.38 Å². The highest BCUT2D eigenvalue weighted by Crippen LogP contribution is 2.09. The Kier molecular flexibility index (Phi) is 3.99. The summed E-state index contributed by atoms with van der Waals surface area (Å²) in [5, 5.41) is 9.08. The number of thioether (sulfide) groups is 1. The molecule has 15 heavy (non-hydrogen) atoms. The van der Waals surface area contributed by atoms with Gasteiger partial charge in [-0.05, 0) is 0 Å². The second-order valence-electron chi connectivity index (χ2n) is 3.24. The Morgan fingerprint density at radius 3 is 3.33 bits per heavy atom. The number of hydrogen-bond acceptors (Lipinski definition) is 5. The summed E-state index contributed by atoms with van der Waals surface area (Å²) < 4.78 is 0. The lowest BCUT2D eigenvalue weighted by atomic mass is 10.3. The number of thiazole rings is 1. The Hall–Kier alpha value is -0.590. The normalized spacial score (nSPS) is 20.4. The smallest absolute Gasteiger partial charge is 0.238 e. The molecule has 2 N–H and O–H groups in total. The third-order valence-corrected chi connectivity index (χ3v) is 3.93. The molecule has 1 fully saturated rings. The van der Waals surface area contributed by atoms with E-state index in [4.69, 9.17) is 0 Å². The first-order chi connectivity index (χ1) is 7.36. The van der Waals surface area contributed by atoms with Crippen LogP contribution in [0.3, 0.4) is 0 Å². The van der Waals surface area contributed by atoms with E-state index in [-0.39, 0.29) is 11.9 Å². The number of carbonyl (C=O) groups is 1. The second-order valence-corrected chi connectivity index (χ2v) is 5.25. The summed E-state index contributed by atoms with van der Waals surface area (Å²) in [6.45, 7) is 0.676. The Balaban J connectivity index is 1.67. The topological polar surface area (TPSA) is 54.0 Å². The minimum Gasteiger partial charge on any atom is -0.354 e. The van der Waals surface area contributed by atoms with Crippen molar-refractivity contribution in [2.75, 3.05) is 18.2 Å². The molecule has 0 aliphatic carbocycles. The molecule has 0 saturated carbocycles. The van der Waals surface area contributed by atoms with Crippen LogP contribution in [0.4, 0.5) is 0 Å². The van der Waals surface area contributed by atoms with Crippen LogP contribution in [0.15, 0.2) is 11.6 Å². The van der Waals surface area contributed by atoms with Crippen molar-refractivity contribution in [2.24, 2.45) is 0 Å². The zero-order valence-electron chi connectivity index (χ0n) is 8.23. The van der Waals surface area contributed by atoms with Crippen molar-refractivity contribution in [1.82, 2.24) is 15.6 Å². The van der Waals surface area contributed by atoms with Crippen LogP contribution < -0.4 is 10.6 Å². The molecule has 0 radical (unpaired) electrons. The maximum absolute atomic E-state index is 11.6. The van der Waals surface area contributed by atoms with Crippen molar-refractivity contribution in [1.29, 1.82) is 0 Å². The fraction of sp³-hybridized carbons (Fsp3) is 0.556. The third kappa shape index (κ3) is 3.19. The highest BCUT2D eigenvalue weighted by atomic mass is 32.2. The van der Waals surface area contributed by atoms with Crippen LogP contribution in [0.2, 0.25) is 0 Å². The summed E-state index contributed by atoms with van der Waals surface area (Å²) in [6, 6.07) is -0.00806. The highest BCUT2D eigenvalue weighted by Gasteiger charge is 2.21. The third-order valence-electron chi connectivity index (χ3n) is 2.15. The lowest BCUT2D eigenvalue weighted by molar-refractivity contribution is -0.122. The molecule has 2 heterocycles. The first kappa shape index (κ1) is 10.9. The maximum atomic E-state index is 11.6. The molecule has 1 amide bonds. The maximum Gasteiger partial charge on any atom is 0.238 e.